The molecule has 55 heavy (non-hydrogen) atoms. The molecule has 0 bridgehead atoms. The van der Waals surface area contributed by atoms with Crippen LogP contribution in [0, 0.1) is 17.3 Å². The van der Waals surface area contributed by atoms with E-state index in [2.05, 4.69) is 19.2 Å². The lowest BCUT2D eigenvalue weighted by molar-refractivity contribution is -0.130. The molecule has 3 N–H and O–H groups in total. The Morgan fingerprint density at radius 3 is 2.29 bits per heavy atom. The first-order valence-electron chi connectivity index (χ1n) is 19.0. The van der Waals surface area contributed by atoms with Crippen molar-refractivity contribution >= 4 is 24.1 Å². The van der Waals surface area contributed by atoms with Crippen LogP contribution in [0.5, 0.6) is 11.5 Å². The maximum Gasteiger partial charge on any atom is 0.511 e. The van der Waals surface area contributed by atoms with Gasteiger partial charge in [-0.1, -0.05) is 70.5 Å². The topological polar surface area (TPSA) is 174 Å². The van der Waals surface area contributed by atoms with Gasteiger partial charge in [0.05, 0.1) is 31.3 Å². The molecule has 1 saturated heterocycles. The van der Waals surface area contributed by atoms with Crippen molar-refractivity contribution in [1.82, 2.24) is 10.2 Å². The maximum atomic E-state index is 13.4. The monoisotopic (exact) mass is 773 g/mol. The van der Waals surface area contributed by atoms with Crippen LogP contribution < -0.4 is 20.5 Å². The average molecular weight is 774 g/mol. The molecular formula is C41H63N3O11. The lowest BCUT2D eigenvalue weighted by atomic mass is 9.85. The summed E-state index contributed by atoms with van der Waals surface area (Å²) in [5.74, 6) is -0.0319. The van der Waals surface area contributed by atoms with Crippen molar-refractivity contribution in [1.29, 1.82) is 0 Å². The highest BCUT2D eigenvalue weighted by Gasteiger charge is 2.41. The van der Waals surface area contributed by atoms with Crippen molar-refractivity contribution in [3.8, 4) is 11.5 Å². The van der Waals surface area contributed by atoms with E-state index in [1.165, 1.54) is 11.3 Å². The predicted molar refractivity (Wildman–Crippen MR) is 207 cm³/mol. The van der Waals surface area contributed by atoms with E-state index in [0.717, 1.165) is 17.5 Å². The summed E-state index contributed by atoms with van der Waals surface area (Å²) in [7, 11) is 3.23. The summed E-state index contributed by atoms with van der Waals surface area (Å²) in [5, 5.41) is 2.88. The molecule has 0 aliphatic carbocycles. The molecule has 14 nitrogen and oxygen atoms in total. The van der Waals surface area contributed by atoms with Crippen LogP contribution in [0.15, 0.2) is 48.5 Å². The molecular weight excluding hydrogens is 710 g/mol. The zero-order valence-corrected chi connectivity index (χ0v) is 33.9. The van der Waals surface area contributed by atoms with Crippen LogP contribution in [0.4, 0.5) is 9.59 Å². The summed E-state index contributed by atoms with van der Waals surface area (Å²) in [5.41, 5.74) is 6.39. The molecule has 3 rings (SSSR count). The first kappa shape index (κ1) is 46.6. The van der Waals surface area contributed by atoms with Gasteiger partial charge in [-0.05, 0) is 68.7 Å². The van der Waals surface area contributed by atoms with Crippen molar-refractivity contribution < 1.29 is 52.3 Å². The minimum absolute atomic E-state index is 0.0115. The lowest BCUT2D eigenvalue weighted by Crippen LogP contribution is -2.46. The van der Waals surface area contributed by atoms with E-state index < -0.39 is 48.4 Å². The summed E-state index contributed by atoms with van der Waals surface area (Å²) in [6, 6.07) is 14.4. The minimum Gasteiger partial charge on any atom is -0.493 e. The summed E-state index contributed by atoms with van der Waals surface area (Å²) >= 11 is 0. The van der Waals surface area contributed by atoms with Gasteiger partial charge < -0.3 is 44.2 Å². The van der Waals surface area contributed by atoms with E-state index in [1.54, 1.807) is 40.2 Å². The number of carbonyl (C=O) groups excluding carboxylic acids is 4. The number of ether oxygens (including phenoxy) is 7. The average Bonchev–Trinajstić information content (AvgIpc) is 3.56. The van der Waals surface area contributed by atoms with E-state index in [4.69, 9.17) is 38.9 Å². The second-order valence-electron chi connectivity index (χ2n) is 14.4. The van der Waals surface area contributed by atoms with E-state index in [1.807, 2.05) is 50.2 Å². The highest BCUT2D eigenvalue weighted by atomic mass is 16.8. The van der Waals surface area contributed by atoms with Crippen LogP contribution in [0.1, 0.15) is 84.8 Å². The number of nitrogens with one attached hydrogen (secondary N) is 1. The summed E-state index contributed by atoms with van der Waals surface area (Å²) in [4.78, 5) is 52.1. The Morgan fingerprint density at radius 2 is 1.65 bits per heavy atom. The van der Waals surface area contributed by atoms with Crippen molar-refractivity contribution in [2.24, 2.45) is 23.0 Å². The molecule has 1 fully saturated rings. The fourth-order valence-electron chi connectivity index (χ4n) is 5.66. The molecule has 14 heteroatoms. The number of benzene rings is 2. The molecule has 3 amide bonds. The maximum absolute atomic E-state index is 13.4. The van der Waals surface area contributed by atoms with E-state index in [0.29, 0.717) is 50.4 Å². The molecule has 0 aromatic heterocycles. The minimum atomic E-state index is -0.976. The quantitative estimate of drug-likeness (QED) is 0.0794. The van der Waals surface area contributed by atoms with Gasteiger partial charge >= 0.3 is 12.2 Å². The highest BCUT2D eigenvalue weighted by Crippen LogP contribution is 2.32. The van der Waals surface area contributed by atoms with Gasteiger partial charge in [0, 0.05) is 32.6 Å². The summed E-state index contributed by atoms with van der Waals surface area (Å²) in [6.07, 6.45) is 1.95. The lowest BCUT2D eigenvalue weighted by Gasteiger charge is -2.29. The Kier molecular flexibility index (Phi) is 21.0. The molecule has 2 aromatic rings. The number of nitrogens with zero attached hydrogens (tertiary/aromatic N) is 1. The molecule has 2 aromatic carbocycles. The third kappa shape index (κ3) is 16.4. The Balaban J connectivity index is 0.00000337. The SMILES string of the molecule is CCC.COCCCOc1cc(CCC[C@H]2[C@H](CC(C(=O)NCC(C)(C)C(N)=O)C(C)C)OCN2C(=O)OCOC(=O)OCc2ccccc2)ccc1OC. The number of rotatable bonds is 21. The largest absolute Gasteiger partial charge is 0.511 e. The third-order valence-corrected chi connectivity index (χ3v) is 8.99. The number of nitrogens with two attached hydrogens (primary N) is 1. The normalized spacial score (nSPS) is 15.7. The van der Waals surface area contributed by atoms with Gasteiger partial charge in [0.25, 0.3) is 0 Å². The molecule has 0 radical (unpaired) electrons. The Labute approximate surface area is 326 Å². The van der Waals surface area contributed by atoms with Crippen molar-refractivity contribution in [2.75, 3.05) is 47.5 Å². The number of hydrogen-bond acceptors (Lipinski definition) is 11. The number of carbonyl (C=O) groups is 4. The van der Waals surface area contributed by atoms with Gasteiger partial charge in [0.2, 0.25) is 18.6 Å². The summed E-state index contributed by atoms with van der Waals surface area (Å²) < 4.78 is 38.0. The second kappa shape index (κ2) is 24.8. The molecule has 0 saturated carbocycles. The molecule has 1 heterocycles. The zero-order chi connectivity index (χ0) is 40.8. The first-order chi connectivity index (χ1) is 26.3. The standard InChI is InChI=1S/C38H55N3O11.C3H8/c1-26(2)29(34(42)40-23-38(3,4)35(39)43)21-32-30(15-10-14-27-16-17-31(47-6)33(20-27)48-19-11-18-46-5)41(24-50-32)36(44)51-25-52-37(45)49-22-28-12-8-7-9-13-28;1-3-2/h7-9,12-13,16-17,20,26,29-30,32H,10-11,14-15,18-19,21-25H2,1-6H3,(H2,39,43)(H,40,42);3H2,1-2H3/t29?,30-,32-;/m0./s1. The molecule has 1 unspecified atom stereocenters. The van der Waals surface area contributed by atoms with Crippen molar-refractivity contribution in [3.05, 3.63) is 59.7 Å². The van der Waals surface area contributed by atoms with Crippen LogP contribution in [-0.2, 0) is 46.3 Å². The smallest absolute Gasteiger partial charge is 0.493 e. The highest BCUT2D eigenvalue weighted by molar-refractivity contribution is 5.83. The van der Waals surface area contributed by atoms with Crippen LogP contribution in [0.25, 0.3) is 0 Å². The molecule has 3 atom stereocenters. The number of hydrogen-bond donors (Lipinski definition) is 2. The van der Waals surface area contributed by atoms with Gasteiger partial charge in [0.1, 0.15) is 13.3 Å². The van der Waals surface area contributed by atoms with Crippen molar-refractivity contribution in [2.45, 2.75) is 98.8 Å². The zero-order valence-electron chi connectivity index (χ0n) is 33.9. The number of amides is 3. The predicted octanol–water partition coefficient (Wildman–Crippen LogP) is 6.61. The molecule has 0 spiro atoms. The number of aryl methyl sites for hydroxylation is 1. The first-order valence-corrected chi connectivity index (χ1v) is 19.0. The van der Waals surface area contributed by atoms with Gasteiger partial charge in [-0.15, -0.1) is 0 Å². The van der Waals surface area contributed by atoms with Crippen LogP contribution >= 0.6 is 0 Å². The van der Waals surface area contributed by atoms with Crippen LogP contribution in [-0.4, -0.2) is 88.6 Å². The number of methoxy groups -OCH3 is 2. The fraction of sp³-hybridized carbons (Fsp3) is 0.610. The molecule has 1 aliphatic rings. The Hall–Kier alpha value is -4.56. The van der Waals surface area contributed by atoms with Gasteiger partial charge in [0.15, 0.2) is 11.5 Å². The van der Waals surface area contributed by atoms with Crippen LogP contribution in [0.2, 0.25) is 0 Å². The van der Waals surface area contributed by atoms with Gasteiger partial charge in [-0.2, -0.15) is 0 Å². The summed E-state index contributed by atoms with van der Waals surface area (Å²) in [6.45, 7) is 11.9. The number of primary amides is 1. The van der Waals surface area contributed by atoms with E-state index in [-0.39, 0.29) is 31.7 Å². The Bertz CT molecular complexity index is 1450. The van der Waals surface area contributed by atoms with Crippen molar-refractivity contribution in [3.63, 3.8) is 0 Å². The third-order valence-electron chi connectivity index (χ3n) is 8.99. The molecule has 308 valence electrons. The van der Waals surface area contributed by atoms with E-state index >= 15 is 0 Å². The van der Waals surface area contributed by atoms with E-state index in [9.17, 15) is 19.2 Å². The van der Waals surface area contributed by atoms with Gasteiger partial charge in [-0.25, -0.2) is 9.59 Å². The van der Waals surface area contributed by atoms with Gasteiger partial charge in [-0.3, -0.25) is 14.5 Å². The fourth-order valence-corrected chi connectivity index (χ4v) is 5.66. The second-order valence-corrected chi connectivity index (χ2v) is 14.4. The van der Waals surface area contributed by atoms with Crippen LogP contribution in [0.3, 0.4) is 0 Å². The Morgan fingerprint density at radius 1 is 0.945 bits per heavy atom. The molecule has 1 aliphatic heterocycles.